The molecule has 0 atom stereocenters. The second kappa shape index (κ2) is 8.45. The number of nitrogens with zero attached hydrogens (tertiary/aromatic N) is 4. The van der Waals surface area contributed by atoms with E-state index in [-0.39, 0.29) is 0 Å². The molecule has 134 valence electrons. The zero-order chi connectivity index (χ0) is 17.6. The molecule has 0 unspecified atom stereocenters. The second-order valence-corrected chi connectivity index (χ2v) is 7.54. The van der Waals surface area contributed by atoms with Crippen molar-refractivity contribution in [3.05, 3.63) is 51.5 Å². The number of aliphatic imine (C=N–C) groups is 1. The second-order valence-electron chi connectivity index (χ2n) is 6.48. The maximum absolute atomic E-state index is 4.53. The molecule has 5 nitrogen and oxygen atoms in total. The highest BCUT2D eigenvalue weighted by Gasteiger charge is 2.15. The van der Waals surface area contributed by atoms with Gasteiger partial charge in [0.1, 0.15) is 0 Å². The number of hydrogen-bond acceptors (Lipinski definition) is 4. The molecule has 3 rings (SSSR count). The van der Waals surface area contributed by atoms with Crippen molar-refractivity contribution in [2.24, 2.45) is 4.99 Å². The highest BCUT2D eigenvalue weighted by molar-refractivity contribution is 7.09. The predicted octanol–water partition coefficient (Wildman–Crippen LogP) is 2.52. The van der Waals surface area contributed by atoms with Crippen LogP contribution >= 0.6 is 11.3 Å². The van der Waals surface area contributed by atoms with Crippen LogP contribution in [0.3, 0.4) is 0 Å². The molecule has 0 bridgehead atoms. The first-order valence-corrected chi connectivity index (χ1v) is 9.65. The lowest BCUT2D eigenvalue weighted by atomic mass is 10.00. The van der Waals surface area contributed by atoms with Crippen LogP contribution in [-0.2, 0) is 19.5 Å². The minimum absolute atomic E-state index is 0.779. The normalized spacial score (nSPS) is 15.1. The van der Waals surface area contributed by atoms with Crippen LogP contribution in [0.15, 0.2) is 34.6 Å². The Labute approximate surface area is 154 Å². The largest absolute Gasteiger partial charge is 0.355 e. The molecule has 6 heteroatoms. The molecule has 1 aromatic heterocycles. The maximum Gasteiger partial charge on any atom is 0.193 e. The highest BCUT2D eigenvalue weighted by Crippen LogP contribution is 2.17. The molecule has 1 aromatic carbocycles. The standard InChI is InChI=1S/C19H27N5S/c1-15-22-18(14-25-15)13-23(3)19(20-2)21-9-11-24-10-8-16-6-4-5-7-17(16)12-24/h4-7,14H,8-13H2,1-3H3,(H,20,21). The monoisotopic (exact) mass is 357 g/mol. The average molecular weight is 358 g/mol. The van der Waals surface area contributed by atoms with E-state index in [1.54, 1.807) is 11.3 Å². The van der Waals surface area contributed by atoms with Crippen molar-refractivity contribution in [1.29, 1.82) is 0 Å². The fourth-order valence-corrected chi connectivity index (χ4v) is 3.86. The highest BCUT2D eigenvalue weighted by atomic mass is 32.1. The van der Waals surface area contributed by atoms with Crippen LogP contribution in [0.4, 0.5) is 0 Å². The van der Waals surface area contributed by atoms with Crippen LogP contribution in [0.1, 0.15) is 21.8 Å². The first kappa shape index (κ1) is 17.9. The number of hydrogen-bond donors (Lipinski definition) is 1. The Balaban J connectivity index is 1.46. The van der Waals surface area contributed by atoms with E-state index < -0.39 is 0 Å². The molecule has 2 heterocycles. The molecule has 0 saturated carbocycles. The van der Waals surface area contributed by atoms with Gasteiger partial charge in [0.25, 0.3) is 0 Å². The minimum atomic E-state index is 0.779. The van der Waals surface area contributed by atoms with Crippen molar-refractivity contribution in [3.63, 3.8) is 0 Å². The summed E-state index contributed by atoms with van der Waals surface area (Å²) >= 11 is 1.69. The number of nitrogens with one attached hydrogen (secondary N) is 1. The van der Waals surface area contributed by atoms with Gasteiger partial charge in [-0.15, -0.1) is 11.3 Å². The molecule has 25 heavy (non-hydrogen) atoms. The third kappa shape index (κ3) is 4.80. The number of guanidine groups is 1. The van der Waals surface area contributed by atoms with E-state index in [9.17, 15) is 0 Å². The summed E-state index contributed by atoms with van der Waals surface area (Å²) in [5, 5.41) is 6.70. The lowest BCUT2D eigenvalue weighted by molar-refractivity contribution is 0.257. The Morgan fingerprint density at radius 3 is 2.88 bits per heavy atom. The van der Waals surface area contributed by atoms with Gasteiger partial charge in [-0.2, -0.15) is 0 Å². The molecule has 1 aliphatic heterocycles. The van der Waals surface area contributed by atoms with Gasteiger partial charge in [-0.1, -0.05) is 24.3 Å². The Hall–Kier alpha value is -1.92. The number of benzene rings is 1. The summed E-state index contributed by atoms with van der Waals surface area (Å²) in [5.74, 6) is 0.920. The van der Waals surface area contributed by atoms with Crippen LogP contribution in [-0.4, -0.2) is 54.5 Å². The van der Waals surface area contributed by atoms with Crippen LogP contribution in [0.25, 0.3) is 0 Å². The molecule has 0 amide bonds. The topological polar surface area (TPSA) is 43.8 Å². The third-order valence-corrected chi connectivity index (χ3v) is 5.38. The van der Waals surface area contributed by atoms with E-state index in [1.165, 1.54) is 11.1 Å². The Morgan fingerprint density at radius 1 is 1.36 bits per heavy atom. The molecule has 0 radical (unpaired) electrons. The van der Waals surface area contributed by atoms with E-state index in [2.05, 4.69) is 61.8 Å². The molecule has 0 fully saturated rings. The van der Waals surface area contributed by atoms with Crippen molar-refractivity contribution in [2.45, 2.75) is 26.4 Å². The van der Waals surface area contributed by atoms with E-state index in [4.69, 9.17) is 0 Å². The minimum Gasteiger partial charge on any atom is -0.355 e. The first-order valence-electron chi connectivity index (χ1n) is 8.77. The van der Waals surface area contributed by atoms with Crippen molar-refractivity contribution in [1.82, 2.24) is 20.1 Å². The van der Waals surface area contributed by atoms with Gasteiger partial charge in [0.05, 0.1) is 17.2 Å². The van der Waals surface area contributed by atoms with Crippen LogP contribution in [0.2, 0.25) is 0 Å². The van der Waals surface area contributed by atoms with Crippen LogP contribution in [0, 0.1) is 6.92 Å². The summed E-state index contributed by atoms with van der Waals surface area (Å²) < 4.78 is 0. The van der Waals surface area contributed by atoms with Crippen molar-refractivity contribution < 1.29 is 0 Å². The Kier molecular flexibility index (Phi) is 6.04. The molecule has 1 N–H and O–H groups in total. The Bertz CT molecular complexity index is 724. The molecular weight excluding hydrogens is 330 g/mol. The van der Waals surface area contributed by atoms with E-state index >= 15 is 0 Å². The van der Waals surface area contributed by atoms with E-state index in [0.29, 0.717) is 0 Å². The lowest BCUT2D eigenvalue weighted by Crippen LogP contribution is -2.43. The zero-order valence-corrected chi connectivity index (χ0v) is 16.1. The van der Waals surface area contributed by atoms with Gasteiger partial charge in [-0.3, -0.25) is 9.89 Å². The zero-order valence-electron chi connectivity index (χ0n) is 15.3. The summed E-state index contributed by atoms with van der Waals surface area (Å²) in [6.45, 7) is 6.92. The van der Waals surface area contributed by atoms with Gasteiger partial charge in [-0.05, 0) is 24.5 Å². The van der Waals surface area contributed by atoms with Gasteiger partial charge < -0.3 is 10.2 Å². The Morgan fingerprint density at radius 2 is 2.16 bits per heavy atom. The number of aromatic nitrogens is 1. The number of rotatable bonds is 5. The summed E-state index contributed by atoms with van der Waals surface area (Å²) in [5.41, 5.74) is 4.07. The van der Waals surface area contributed by atoms with Crippen molar-refractivity contribution in [3.8, 4) is 0 Å². The summed E-state index contributed by atoms with van der Waals surface area (Å²) in [7, 11) is 3.89. The predicted molar refractivity (Wildman–Crippen MR) is 105 cm³/mol. The van der Waals surface area contributed by atoms with Crippen molar-refractivity contribution in [2.75, 3.05) is 33.7 Å². The van der Waals surface area contributed by atoms with Crippen LogP contribution in [0.5, 0.6) is 0 Å². The van der Waals surface area contributed by atoms with Gasteiger partial charge in [0, 0.05) is 45.7 Å². The summed E-state index contributed by atoms with van der Waals surface area (Å²) in [4.78, 5) is 13.6. The van der Waals surface area contributed by atoms with E-state index in [1.807, 2.05) is 14.0 Å². The molecule has 0 saturated heterocycles. The maximum atomic E-state index is 4.53. The van der Waals surface area contributed by atoms with Gasteiger partial charge in [0.15, 0.2) is 5.96 Å². The van der Waals surface area contributed by atoms with Crippen LogP contribution < -0.4 is 5.32 Å². The fourth-order valence-electron chi connectivity index (χ4n) is 3.25. The summed E-state index contributed by atoms with van der Waals surface area (Å²) in [6, 6.07) is 8.77. The molecular formula is C19H27N5S. The quantitative estimate of drug-likeness (QED) is 0.660. The molecule has 0 spiro atoms. The van der Waals surface area contributed by atoms with Gasteiger partial charge in [-0.25, -0.2) is 4.98 Å². The van der Waals surface area contributed by atoms with E-state index in [0.717, 1.165) is 55.8 Å². The number of thiazole rings is 1. The first-order chi connectivity index (χ1) is 12.2. The van der Waals surface area contributed by atoms with Crippen molar-refractivity contribution >= 4 is 17.3 Å². The van der Waals surface area contributed by atoms with Gasteiger partial charge in [0.2, 0.25) is 0 Å². The number of fused-ring (bicyclic) bond motifs is 1. The molecule has 2 aromatic rings. The smallest absolute Gasteiger partial charge is 0.193 e. The fraction of sp³-hybridized carbons (Fsp3) is 0.474. The summed E-state index contributed by atoms with van der Waals surface area (Å²) in [6.07, 6.45) is 1.15. The SMILES string of the molecule is CN=C(NCCN1CCc2ccccc2C1)N(C)Cc1csc(C)n1. The number of aryl methyl sites for hydroxylation is 1. The lowest BCUT2D eigenvalue weighted by Gasteiger charge is -2.29. The third-order valence-electron chi connectivity index (χ3n) is 4.56. The molecule has 0 aliphatic carbocycles. The average Bonchev–Trinajstić information content (AvgIpc) is 3.03. The van der Waals surface area contributed by atoms with Gasteiger partial charge >= 0.3 is 0 Å². The molecule has 1 aliphatic rings.